The number of hydrogen-bond acceptors (Lipinski definition) is 6. The highest BCUT2D eigenvalue weighted by atomic mass is 16.7. The predicted octanol–water partition coefficient (Wildman–Crippen LogP) is -1.49. The maximum Gasteiger partial charge on any atom is 0.168 e. The van der Waals surface area contributed by atoms with Gasteiger partial charge in [0.25, 0.3) is 0 Å². The molecule has 0 heterocycles. The van der Waals surface area contributed by atoms with Gasteiger partial charge in [0.1, 0.15) is 17.5 Å². The van der Waals surface area contributed by atoms with Gasteiger partial charge >= 0.3 is 0 Å². The number of rotatable bonds is 6. The van der Waals surface area contributed by atoms with Crippen molar-refractivity contribution in [1.29, 1.82) is 0 Å². The van der Waals surface area contributed by atoms with E-state index in [-0.39, 0.29) is 6.29 Å². The summed E-state index contributed by atoms with van der Waals surface area (Å²) in [7, 11) is 0. The Labute approximate surface area is 72.9 Å². The Bertz CT molecular complexity index is 204. The van der Waals surface area contributed by atoms with Crippen LogP contribution < -0.4 is 0 Å². The molecule has 0 amide bonds. The minimum atomic E-state index is -1.66. The van der Waals surface area contributed by atoms with Crippen molar-refractivity contribution in [3.05, 3.63) is 10.4 Å². The molecule has 0 saturated carbocycles. The van der Waals surface area contributed by atoms with Crippen LogP contribution in [-0.2, 0) is 9.63 Å². The third-order valence-electron chi connectivity index (χ3n) is 1.25. The molecule has 0 fully saturated rings. The van der Waals surface area contributed by atoms with Crippen molar-refractivity contribution in [2.24, 2.45) is 5.28 Å². The van der Waals surface area contributed by atoms with E-state index in [2.05, 4.69) is 15.0 Å². The zero-order valence-corrected chi connectivity index (χ0v) is 6.52. The van der Waals surface area contributed by atoms with Crippen molar-refractivity contribution in [1.82, 2.24) is 0 Å². The zero-order valence-electron chi connectivity index (χ0n) is 6.52. The smallest absolute Gasteiger partial charge is 0.168 e. The number of carbonyl (C=O) groups excluding carboxylic acids is 1. The number of aliphatic hydroxyl groups is 3. The third-order valence-corrected chi connectivity index (χ3v) is 1.25. The molecule has 0 aromatic carbocycles. The highest BCUT2D eigenvalue weighted by Gasteiger charge is 2.27. The van der Waals surface area contributed by atoms with Gasteiger partial charge in [-0.05, 0) is 5.53 Å². The molecule has 3 N–H and O–H groups in total. The van der Waals surface area contributed by atoms with E-state index in [1.54, 1.807) is 0 Å². The van der Waals surface area contributed by atoms with E-state index in [0.29, 0.717) is 0 Å². The maximum atomic E-state index is 10.1. The lowest BCUT2D eigenvalue weighted by Gasteiger charge is -2.20. The first-order valence-corrected chi connectivity index (χ1v) is 3.29. The van der Waals surface area contributed by atoms with E-state index in [9.17, 15) is 4.79 Å². The van der Waals surface area contributed by atoms with Gasteiger partial charge in [0.2, 0.25) is 0 Å². The second-order valence-electron chi connectivity index (χ2n) is 2.12. The fourth-order valence-corrected chi connectivity index (χ4v) is 0.617. The standard InChI is InChI=1S/C5H9N3O5/c6-7-8-13-5(3(11)1-9)4(12)2-10/h1,3-5,10-12H,2H2/t3-,4+,5-/m0/s1. The summed E-state index contributed by atoms with van der Waals surface area (Å²) in [5, 5.41) is 28.9. The summed E-state index contributed by atoms with van der Waals surface area (Å²) >= 11 is 0. The quantitative estimate of drug-likeness (QED) is 0.154. The molecule has 0 saturated heterocycles. The number of nitrogens with zero attached hydrogens (tertiary/aromatic N) is 3. The van der Waals surface area contributed by atoms with Crippen molar-refractivity contribution in [3.8, 4) is 0 Å². The summed E-state index contributed by atoms with van der Waals surface area (Å²) < 4.78 is 0. The Morgan fingerprint density at radius 1 is 1.62 bits per heavy atom. The molecule has 0 aromatic rings. The molecule has 8 nitrogen and oxygen atoms in total. The van der Waals surface area contributed by atoms with Gasteiger partial charge < -0.3 is 25.0 Å². The summed E-state index contributed by atoms with van der Waals surface area (Å²) in [5.74, 6) is 0. The van der Waals surface area contributed by atoms with Gasteiger partial charge in [-0.1, -0.05) is 0 Å². The Morgan fingerprint density at radius 2 is 2.23 bits per heavy atom. The average molecular weight is 191 g/mol. The van der Waals surface area contributed by atoms with Gasteiger partial charge in [0.05, 0.1) is 6.61 Å². The monoisotopic (exact) mass is 191 g/mol. The Morgan fingerprint density at radius 3 is 2.62 bits per heavy atom. The lowest BCUT2D eigenvalue weighted by Crippen LogP contribution is -2.41. The summed E-state index contributed by atoms with van der Waals surface area (Å²) in [5.41, 5.74) is 7.84. The van der Waals surface area contributed by atoms with Gasteiger partial charge in [-0.15, -0.1) is 0 Å². The molecule has 0 rings (SSSR count). The Kier molecular flexibility index (Phi) is 5.57. The van der Waals surface area contributed by atoms with Crippen LogP contribution >= 0.6 is 0 Å². The first-order chi connectivity index (χ1) is 6.17. The molecule has 3 atom stereocenters. The molecular formula is C5H9N3O5. The lowest BCUT2D eigenvalue weighted by molar-refractivity contribution is -0.137. The second-order valence-corrected chi connectivity index (χ2v) is 2.12. The van der Waals surface area contributed by atoms with Gasteiger partial charge in [-0.2, -0.15) is 0 Å². The van der Waals surface area contributed by atoms with Crippen LogP contribution in [0.4, 0.5) is 0 Å². The SMILES string of the molecule is [N-]=[N+]=NO[C@H]([C@H](O)CO)[C@@H](O)C=O. The van der Waals surface area contributed by atoms with Crippen LogP contribution in [0.15, 0.2) is 5.28 Å². The molecule has 0 aliphatic heterocycles. The minimum Gasteiger partial charge on any atom is -0.424 e. The predicted molar refractivity (Wildman–Crippen MR) is 39.2 cm³/mol. The number of hydrogen-bond donors (Lipinski definition) is 3. The lowest BCUT2D eigenvalue weighted by atomic mass is 10.1. The van der Waals surface area contributed by atoms with Gasteiger partial charge in [0, 0.05) is 4.91 Å². The van der Waals surface area contributed by atoms with Crippen molar-refractivity contribution in [2.45, 2.75) is 18.3 Å². The molecule has 0 aliphatic carbocycles. The topological polar surface area (TPSA) is 136 Å². The van der Waals surface area contributed by atoms with Gasteiger partial charge in [-0.25, -0.2) is 0 Å². The zero-order chi connectivity index (χ0) is 10.3. The Balaban J connectivity index is 4.33. The van der Waals surface area contributed by atoms with Crippen molar-refractivity contribution < 1.29 is 25.0 Å². The molecule has 0 bridgehead atoms. The molecule has 0 unspecified atom stereocenters. The maximum absolute atomic E-state index is 10.1. The third kappa shape index (κ3) is 3.72. The van der Waals surface area contributed by atoms with Crippen molar-refractivity contribution >= 4 is 6.29 Å². The van der Waals surface area contributed by atoms with E-state index in [1.807, 2.05) is 0 Å². The number of carbonyl (C=O) groups is 1. The van der Waals surface area contributed by atoms with Crippen LogP contribution in [0.3, 0.4) is 0 Å². The fourth-order valence-electron chi connectivity index (χ4n) is 0.617. The van der Waals surface area contributed by atoms with Crippen molar-refractivity contribution in [2.75, 3.05) is 6.61 Å². The van der Waals surface area contributed by atoms with Crippen LogP contribution in [0, 0.1) is 0 Å². The largest absolute Gasteiger partial charge is 0.424 e. The number of azide groups is 1. The normalized spacial score (nSPS) is 16.5. The first kappa shape index (κ1) is 11.7. The van der Waals surface area contributed by atoms with Crippen LogP contribution in [0.1, 0.15) is 0 Å². The molecule has 0 aliphatic rings. The van der Waals surface area contributed by atoms with Crippen LogP contribution in [0.2, 0.25) is 0 Å². The molecule has 0 radical (unpaired) electrons. The van der Waals surface area contributed by atoms with E-state index < -0.39 is 24.9 Å². The fraction of sp³-hybridized carbons (Fsp3) is 0.800. The highest BCUT2D eigenvalue weighted by Crippen LogP contribution is 2.04. The number of aldehydes is 1. The average Bonchev–Trinajstić information content (AvgIpc) is 2.17. The molecule has 0 spiro atoms. The number of aliphatic hydroxyl groups excluding tert-OH is 3. The van der Waals surface area contributed by atoms with Crippen LogP contribution in [0.25, 0.3) is 10.4 Å². The van der Waals surface area contributed by atoms with E-state index in [0.717, 1.165) is 0 Å². The summed E-state index contributed by atoms with van der Waals surface area (Å²) in [4.78, 5) is 16.5. The molecule has 0 aromatic heterocycles. The van der Waals surface area contributed by atoms with E-state index >= 15 is 0 Å². The van der Waals surface area contributed by atoms with Crippen molar-refractivity contribution in [3.63, 3.8) is 0 Å². The summed E-state index contributed by atoms with van der Waals surface area (Å²) in [6.45, 7) is -0.726. The van der Waals surface area contributed by atoms with Gasteiger partial charge in [0.15, 0.2) is 12.4 Å². The Hall–Kier alpha value is -1.34. The minimum absolute atomic E-state index is 0.0937. The molecular weight excluding hydrogens is 182 g/mol. The van der Waals surface area contributed by atoms with E-state index in [4.69, 9.17) is 20.9 Å². The second kappa shape index (κ2) is 6.21. The molecule has 74 valence electrons. The van der Waals surface area contributed by atoms with Crippen LogP contribution in [-0.4, -0.2) is 46.5 Å². The van der Waals surface area contributed by atoms with Crippen LogP contribution in [0.5, 0.6) is 0 Å². The van der Waals surface area contributed by atoms with E-state index in [1.165, 1.54) is 0 Å². The van der Waals surface area contributed by atoms with Gasteiger partial charge in [-0.3, -0.25) is 0 Å². The summed E-state index contributed by atoms with van der Waals surface area (Å²) in [6, 6.07) is 0. The summed E-state index contributed by atoms with van der Waals surface area (Å²) in [6.07, 6.45) is -4.52. The molecule has 8 heteroatoms. The molecule has 13 heavy (non-hydrogen) atoms. The first-order valence-electron chi connectivity index (χ1n) is 3.29. The highest BCUT2D eigenvalue weighted by molar-refractivity contribution is 5.56.